The molecule has 20 rings (SSSR count). The summed E-state index contributed by atoms with van der Waals surface area (Å²) in [5.74, 6) is 0.461. The van der Waals surface area contributed by atoms with E-state index in [1.807, 2.05) is 231 Å². The molecule has 0 radical (unpaired) electrons. The molecular formula is C104H77N9Ni4O2S2-2. The minimum absolute atomic E-state index is 0. The van der Waals surface area contributed by atoms with Crippen LogP contribution < -0.4 is 0 Å². The number of aromatic hydroxyl groups is 2. The minimum atomic E-state index is 0. The summed E-state index contributed by atoms with van der Waals surface area (Å²) in [6.45, 7) is 7.68. The van der Waals surface area contributed by atoms with Gasteiger partial charge in [0.2, 0.25) is 0 Å². The van der Waals surface area contributed by atoms with Crippen molar-refractivity contribution >= 4 is 79.6 Å². The molecule has 0 aliphatic heterocycles. The molecule has 0 saturated carbocycles. The van der Waals surface area contributed by atoms with Gasteiger partial charge in [-0.15, -0.1) is 97.1 Å². The van der Waals surface area contributed by atoms with Crippen LogP contribution >= 0.6 is 0 Å². The Labute approximate surface area is 756 Å². The first-order valence-corrected chi connectivity index (χ1v) is 40.2. The van der Waals surface area contributed by atoms with Crippen LogP contribution in [0.2, 0.25) is 0 Å². The zero-order valence-electron chi connectivity index (χ0n) is 65.9. The van der Waals surface area contributed by atoms with Gasteiger partial charge in [-0.05, 0) is 107 Å². The fourth-order valence-electron chi connectivity index (χ4n) is 16.1. The van der Waals surface area contributed by atoms with Gasteiger partial charge in [-0.25, -0.2) is 0 Å². The zero-order chi connectivity index (χ0) is 79.8. The van der Waals surface area contributed by atoms with Crippen molar-refractivity contribution in [1.82, 2.24) is 44.4 Å². The SMILES string of the molecule is CCCC1(CCC)c2ccc(-c3[c-]c(-c4ccccn4)ccc3)nc2-c2c([S-])cccc21.CCCn1c2ccc(-c3[c-]c(-c4ccccn4)ccc3)nc2c2c([S-])cccc21.Oc1cccc2ccc3ccc(-c4[c-]c(-c5ccccn5)ccc4)nc3c12.Oc1ccccc1-c1nc(-c2[c-]c(-c3ccccn3)ccc2)cc2ccccc12.[Ni+2].[Ni+2].[Ni].[Ni]. The molecule has 0 bridgehead atoms. The second kappa shape index (κ2) is 39.5. The maximum absolute atomic E-state index is 10.4. The number of aryl methyl sites for hydroxylation is 1. The van der Waals surface area contributed by atoms with E-state index >= 15 is 0 Å². The van der Waals surface area contributed by atoms with E-state index < -0.39 is 0 Å². The zero-order valence-corrected chi connectivity index (χ0v) is 71.5. The molecule has 0 amide bonds. The minimum Gasteiger partial charge on any atom is -0.779 e. The largest absolute Gasteiger partial charge is 2.00 e. The van der Waals surface area contributed by atoms with Gasteiger partial charge in [0.05, 0.1) is 27.9 Å². The Balaban J connectivity index is 0.000000138. The molecule has 1 aliphatic carbocycles. The predicted molar refractivity (Wildman–Crippen MR) is 479 cm³/mol. The van der Waals surface area contributed by atoms with E-state index in [0.717, 1.165) is 210 Å². The van der Waals surface area contributed by atoms with Crippen LogP contribution in [-0.4, -0.2) is 54.7 Å². The summed E-state index contributed by atoms with van der Waals surface area (Å²) in [6, 6.07) is 114. The number of hydrogen-bond donors (Lipinski definition) is 2. The van der Waals surface area contributed by atoms with Crippen LogP contribution in [0.3, 0.4) is 0 Å². The first-order chi connectivity index (χ1) is 57.5. The fourth-order valence-corrected chi connectivity index (χ4v) is 16.6. The average Bonchev–Trinajstić information content (AvgIpc) is 1.55. The number of nitrogens with zero attached hydrogens (tertiary/aromatic N) is 9. The molecule has 0 unspecified atom stereocenters. The molecule has 10 aromatic carbocycles. The van der Waals surface area contributed by atoms with Gasteiger partial charge in [0.1, 0.15) is 11.5 Å². The maximum atomic E-state index is 10.4. The average molecular weight is 1780 g/mol. The third-order valence-corrected chi connectivity index (χ3v) is 22.0. The summed E-state index contributed by atoms with van der Waals surface area (Å²) in [5.41, 5.74) is 24.9. The van der Waals surface area contributed by atoms with E-state index in [0.29, 0.717) is 5.56 Å². The maximum Gasteiger partial charge on any atom is 2.00 e. The van der Waals surface area contributed by atoms with Gasteiger partial charge in [0.25, 0.3) is 0 Å². The van der Waals surface area contributed by atoms with E-state index in [-0.39, 0.29) is 82.9 Å². The smallest absolute Gasteiger partial charge is 0.779 e. The molecule has 121 heavy (non-hydrogen) atoms. The summed E-state index contributed by atoms with van der Waals surface area (Å²) in [6.07, 6.45) is 12.7. The summed E-state index contributed by atoms with van der Waals surface area (Å²) < 4.78 is 2.32. The molecule has 2 N–H and O–H groups in total. The summed E-state index contributed by atoms with van der Waals surface area (Å²) in [5, 5.41) is 26.7. The molecule has 1 aliphatic rings. The van der Waals surface area contributed by atoms with Crippen LogP contribution in [0.1, 0.15) is 64.0 Å². The van der Waals surface area contributed by atoms with Gasteiger partial charge in [0.15, 0.2) is 0 Å². The molecule has 0 fully saturated rings. The van der Waals surface area contributed by atoms with Crippen molar-refractivity contribution in [1.29, 1.82) is 0 Å². The van der Waals surface area contributed by atoms with Gasteiger partial charge in [-0.1, -0.05) is 254 Å². The van der Waals surface area contributed by atoms with Crippen LogP contribution in [0, 0.1) is 24.3 Å². The third-order valence-electron chi connectivity index (χ3n) is 21.3. The van der Waals surface area contributed by atoms with Gasteiger partial charge >= 0.3 is 33.0 Å². The Kier molecular flexibility index (Phi) is 28.3. The number of phenolic OH excluding ortho intramolecular Hbond substituents is 2. The molecule has 11 nitrogen and oxygen atoms in total. The van der Waals surface area contributed by atoms with E-state index in [1.165, 1.54) is 11.1 Å². The second-order valence-electron chi connectivity index (χ2n) is 28.8. The molecule has 604 valence electrons. The van der Waals surface area contributed by atoms with E-state index in [2.05, 4.69) is 136 Å². The molecule has 0 saturated heterocycles. The van der Waals surface area contributed by atoms with E-state index in [9.17, 15) is 10.2 Å². The molecule has 17 heteroatoms. The first kappa shape index (κ1) is 86.8. The number of aromatic nitrogens is 9. The fraction of sp³-hybridized carbons (Fsp3) is 0.0962. The van der Waals surface area contributed by atoms with E-state index in [1.54, 1.807) is 30.7 Å². The Morgan fingerprint density at radius 3 is 1.31 bits per heavy atom. The van der Waals surface area contributed by atoms with Crippen molar-refractivity contribution in [3.63, 3.8) is 0 Å². The van der Waals surface area contributed by atoms with Crippen LogP contribution in [-0.2, 0) is 103 Å². The van der Waals surface area contributed by atoms with Gasteiger partial charge < -0.3 is 40.0 Å². The molecule has 0 spiro atoms. The number of phenols is 2. The second-order valence-corrected chi connectivity index (χ2v) is 29.7. The number of para-hydroxylation sites is 1. The molecule has 9 aromatic heterocycles. The van der Waals surface area contributed by atoms with Crippen molar-refractivity contribution in [2.24, 2.45) is 0 Å². The normalized spacial score (nSPS) is 11.4. The molecule has 19 aromatic rings. The van der Waals surface area contributed by atoms with Crippen LogP contribution in [0.4, 0.5) is 0 Å². The molecule has 0 atom stereocenters. The quantitative estimate of drug-likeness (QED) is 0.0435. The predicted octanol–water partition coefficient (Wildman–Crippen LogP) is 25.2. The number of pyridine rings is 8. The van der Waals surface area contributed by atoms with Crippen molar-refractivity contribution in [3.05, 3.63) is 363 Å². The third kappa shape index (κ3) is 18.1. The van der Waals surface area contributed by atoms with Crippen molar-refractivity contribution in [2.45, 2.75) is 74.6 Å². The van der Waals surface area contributed by atoms with Crippen LogP contribution in [0.5, 0.6) is 11.5 Å². The summed E-state index contributed by atoms with van der Waals surface area (Å²) >= 11 is 11.5. The van der Waals surface area contributed by atoms with Crippen molar-refractivity contribution < 1.29 is 76.2 Å². The van der Waals surface area contributed by atoms with Crippen molar-refractivity contribution in [3.8, 4) is 124 Å². The van der Waals surface area contributed by atoms with Gasteiger partial charge in [-0.3, -0.25) is 39.9 Å². The number of fused-ring (bicyclic) bond motifs is 10. The standard InChI is InChI=1S/C29H27N2S.C26H17N2O.C25H20N3S.C24H15N2O.4Ni/c1-3-16-29(17-4-2)22-11-8-13-26(32)27(22)28-23(29)14-15-25(31-28)21-10-7-9-20(19-21)24-12-5-6-18-30-24;29-25-14-4-3-12-22(25)26-21-11-2-1-8-18(21)17-24(28-26)20-10-7-9-19(16-20)23-13-5-6-15-27-23;1-2-15-28-21-10-6-11-23(29)24(21)25-22(28)13-12-20(27-25)18-8-5-7-17(16-18)19-9-3-4-14-26-19;27-22-9-4-5-16-10-11-17-12-13-21(26-24(17)23(16)22)19-7-3-6-18(15-19)20-8-1-2-14-25-20;;;;/h5-15,18,32H,3-4,16-17H2,1-2H3;1-15,17,29H;3-14,29H,2,15H2,1H3;1-14,27H;;;;/q4*-1;;;2*+2/p-2. The van der Waals surface area contributed by atoms with E-state index in [4.69, 9.17) is 45.2 Å². The summed E-state index contributed by atoms with van der Waals surface area (Å²) in [7, 11) is 0. The topological polar surface area (TPSA) is 149 Å². The number of rotatable bonds is 15. The molecule has 9 heterocycles. The Morgan fingerprint density at radius 1 is 0.331 bits per heavy atom. The molecular weight excluding hydrogens is 1710 g/mol. The monoisotopic (exact) mass is 1780 g/mol. The van der Waals surface area contributed by atoms with Crippen LogP contribution in [0.15, 0.2) is 338 Å². The first-order valence-electron chi connectivity index (χ1n) is 39.4. The van der Waals surface area contributed by atoms with Crippen molar-refractivity contribution in [2.75, 3.05) is 0 Å². The van der Waals surface area contributed by atoms with Crippen LogP contribution in [0.25, 0.3) is 167 Å². The number of hydrogen-bond acceptors (Lipinski definition) is 12. The summed E-state index contributed by atoms with van der Waals surface area (Å²) in [4.78, 5) is 39.5. The van der Waals surface area contributed by atoms with Gasteiger partial charge in [-0.2, -0.15) is 9.79 Å². The Morgan fingerprint density at radius 2 is 0.760 bits per heavy atom. The Bertz CT molecular complexity index is 6840. The Hall–Kier alpha value is -12.0. The van der Waals surface area contributed by atoms with Gasteiger partial charge in [0, 0.05) is 143 Å². The number of benzene rings is 10.